The molecule has 0 saturated heterocycles. The molecule has 4 nitrogen and oxygen atoms in total. The molecule has 4 heteroatoms. The second-order valence-electron chi connectivity index (χ2n) is 3.30. The van der Waals surface area contributed by atoms with E-state index < -0.39 is 0 Å². The Morgan fingerprint density at radius 3 is 2.80 bits per heavy atom. The predicted octanol–water partition coefficient (Wildman–Crippen LogP) is 0.693. The molecule has 0 aliphatic rings. The summed E-state index contributed by atoms with van der Waals surface area (Å²) in [6.45, 7) is 3.61. The van der Waals surface area contributed by atoms with E-state index in [1.165, 1.54) is 6.92 Å². The Hall–Kier alpha value is -1.39. The molecule has 0 aromatic heterocycles. The fourth-order valence-corrected chi connectivity index (χ4v) is 1.31. The Morgan fingerprint density at radius 2 is 2.13 bits per heavy atom. The Labute approximate surface area is 89.9 Å². The Balaban J connectivity index is 2.64. The summed E-state index contributed by atoms with van der Waals surface area (Å²) >= 11 is 0. The molecular formula is C11H17N3O. The second kappa shape index (κ2) is 6.16. The summed E-state index contributed by atoms with van der Waals surface area (Å²) in [6.07, 6.45) is 0. The number of carbonyl (C=O) groups excluding carboxylic acids is 1. The molecule has 1 rings (SSSR count). The predicted molar refractivity (Wildman–Crippen MR) is 61.5 cm³/mol. The lowest BCUT2D eigenvalue weighted by molar-refractivity contribution is -0.114. The Morgan fingerprint density at radius 1 is 1.40 bits per heavy atom. The summed E-state index contributed by atoms with van der Waals surface area (Å²) in [5.41, 5.74) is 7.31. The fourth-order valence-electron chi connectivity index (χ4n) is 1.31. The summed E-state index contributed by atoms with van der Waals surface area (Å²) in [7, 11) is 0. The van der Waals surface area contributed by atoms with E-state index in [9.17, 15) is 4.79 Å². The van der Waals surface area contributed by atoms with Crippen LogP contribution in [0.25, 0.3) is 0 Å². The van der Waals surface area contributed by atoms with Crippen LogP contribution in [0.1, 0.15) is 12.5 Å². The van der Waals surface area contributed by atoms with E-state index in [1.807, 2.05) is 24.3 Å². The summed E-state index contributed by atoms with van der Waals surface area (Å²) < 4.78 is 0. The number of hydrogen-bond acceptors (Lipinski definition) is 3. The average Bonchev–Trinajstić information content (AvgIpc) is 2.20. The molecule has 0 aliphatic carbocycles. The van der Waals surface area contributed by atoms with Gasteiger partial charge in [-0.3, -0.25) is 4.79 Å². The molecule has 0 atom stereocenters. The number of hydrogen-bond donors (Lipinski definition) is 3. The molecule has 15 heavy (non-hydrogen) atoms. The Kier molecular flexibility index (Phi) is 4.80. The van der Waals surface area contributed by atoms with Crippen molar-refractivity contribution < 1.29 is 4.79 Å². The fraction of sp³-hybridized carbons (Fsp3) is 0.364. The standard InChI is InChI=1S/C11H17N3O/c1-9(15)14-11-5-3-2-4-10(11)8-13-7-6-12/h2-5,13H,6-8,12H2,1H3,(H,14,15). The van der Waals surface area contributed by atoms with Gasteiger partial charge in [-0.05, 0) is 11.6 Å². The molecular weight excluding hydrogens is 190 g/mol. The van der Waals surface area contributed by atoms with Crippen LogP contribution in [0.5, 0.6) is 0 Å². The minimum Gasteiger partial charge on any atom is -0.329 e. The SMILES string of the molecule is CC(=O)Nc1ccccc1CNCCN. The minimum atomic E-state index is -0.0544. The van der Waals surface area contributed by atoms with Gasteiger partial charge in [-0.25, -0.2) is 0 Å². The molecule has 0 saturated carbocycles. The van der Waals surface area contributed by atoms with Crippen molar-refractivity contribution in [3.63, 3.8) is 0 Å². The molecule has 0 spiro atoms. The molecule has 0 unspecified atom stereocenters. The minimum absolute atomic E-state index is 0.0544. The number of rotatable bonds is 5. The first kappa shape index (κ1) is 11.7. The lowest BCUT2D eigenvalue weighted by atomic mass is 10.1. The highest BCUT2D eigenvalue weighted by atomic mass is 16.1. The van der Waals surface area contributed by atoms with Crippen molar-refractivity contribution in [2.24, 2.45) is 5.73 Å². The maximum atomic E-state index is 10.9. The van der Waals surface area contributed by atoms with Gasteiger partial charge in [0.1, 0.15) is 0 Å². The lowest BCUT2D eigenvalue weighted by Gasteiger charge is -2.10. The zero-order valence-electron chi connectivity index (χ0n) is 8.92. The first-order valence-electron chi connectivity index (χ1n) is 5.00. The van der Waals surface area contributed by atoms with E-state index in [-0.39, 0.29) is 5.91 Å². The third kappa shape index (κ3) is 4.10. The van der Waals surface area contributed by atoms with Gasteiger partial charge in [-0.1, -0.05) is 18.2 Å². The van der Waals surface area contributed by atoms with Gasteiger partial charge in [-0.2, -0.15) is 0 Å². The molecule has 1 amide bonds. The molecule has 1 aromatic rings. The highest BCUT2D eigenvalue weighted by Crippen LogP contribution is 2.14. The lowest BCUT2D eigenvalue weighted by Crippen LogP contribution is -2.22. The van der Waals surface area contributed by atoms with Crippen LogP contribution in [-0.2, 0) is 11.3 Å². The van der Waals surface area contributed by atoms with E-state index >= 15 is 0 Å². The normalized spacial score (nSPS) is 10.0. The van der Waals surface area contributed by atoms with Gasteiger partial charge in [0.25, 0.3) is 0 Å². The number of anilines is 1. The molecule has 82 valence electrons. The van der Waals surface area contributed by atoms with Crippen molar-refractivity contribution in [1.82, 2.24) is 5.32 Å². The van der Waals surface area contributed by atoms with Crippen LogP contribution in [0.15, 0.2) is 24.3 Å². The summed E-state index contributed by atoms with van der Waals surface area (Å²) in [5, 5.41) is 5.98. The first-order valence-corrected chi connectivity index (χ1v) is 5.00. The smallest absolute Gasteiger partial charge is 0.221 e. The highest BCUT2D eigenvalue weighted by molar-refractivity contribution is 5.89. The van der Waals surface area contributed by atoms with Crippen LogP contribution in [0.4, 0.5) is 5.69 Å². The van der Waals surface area contributed by atoms with Gasteiger partial charge >= 0.3 is 0 Å². The number of amides is 1. The van der Waals surface area contributed by atoms with E-state index in [4.69, 9.17) is 5.73 Å². The zero-order chi connectivity index (χ0) is 11.1. The van der Waals surface area contributed by atoms with Gasteiger partial charge in [-0.15, -0.1) is 0 Å². The maximum absolute atomic E-state index is 10.9. The van der Waals surface area contributed by atoms with Crippen LogP contribution in [0.3, 0.4) is 0 Å². The van der Waals surface area contributed by atoms with E-state index in [0.717, 1.165) is 17.8 Å². The van der Waals surface area contributed by atoms with Crippen molar-refractivity contribution in [3.05, 3.63) is 29.8 Å². The largest absolute Gasteiger partial charge is 0.329 e. The maximum Gasteiger partial charge on any atom is 0.221 e. The van der Waals surface area contributed by atoms with E-state index in [0.29, 0.717) is 13.1 Å². The summed E-state index contributed by atoms with van der Waals surface area (Å²) in [6, 6.07) is 7.72. The third-order valence-corrected chi connectivity index (χ3v) is 1.96. The molecule has 4 N–H and O–H groups in total. The number of para-hydroxylation sites is 1. The monoisotopic (exact) mass is 207 g/mol. The summed E-state index contributed by atoms with van der Waals surface area (Å²) in [5.74, 6) is -0.0544. The molecule has 1 aromatic carbocycles. The van der Waals surface area contributed by atoms with Gasteiger partial charge in [0.15, 0.2) is 0 Å². The zero-order valence-corrected chi connectivity index (χ0v) is 8.92. The van der Waals surface area contributed by atoms with E-state index in [2.05, 4.69) is 10.6 Å². The molecule has 0 radical (unpaired) electrons. The quantitative estimate of drug-likeness (QED) is 0.622. The number of carbonyl (C=O) groups is 1. The first-order chi connectivity index (χ1) is 7.24. The van der Waals surface area contributed by atoms with Crippen molar-refractivity contribution in [2.45, 2.75) is 13.5 Å². The van der Waals surface area contributed by atoms with Crippen molar-refractivity contribution >= 4 is 11.6 Å². The molecule has 0 fully saturated rings. The topological polar surface area (TPSA) is 67.2 Å². The molecule has 0 heterocycles. The number of benzene rings is 1. The summed E-state index contributed by atoms with van der Waals surface area (Å²) in [4.78, 5) is 10.9. The number of nitrogens with two attached hydrogens (primary N) is 1. The Bertz CT molecular complexity index is 325. The average molecular weight is 207 g/mol. The van der Waals surface area contributed by atoms with Crippen molar-refractivity contribution in [2.75, 3.05) is 18.4 Å². The molecule has 0 bridgehead atoms. The van der Waals surface area contributed by atoms with Crippen LogP contribution in [0, 0.1) is 0 Å². The van der Waals surface area contributed by atoms with Gasteiger partial charge in [0.05, 0.1) is 0 Å². The van der Waals surface area contributed by atoms with Crippen LogP contribution >= 0.6 is 0 Å². The van der Waals surface area contributed by atoms with Gasteiger partial charge in [0.2, 0.25) is 5.91 Å². The van der Waals surface area contributed by atoms with Crippen LogP contribution in [-0.4, -0.2) is 19.0 Å². The highest BCUT2D eigenvalue weighted by Gasteiger charge is 2.01. The number of nitrogens with one attached hydrogen (secondary N) is 2. The van der Waals surface area contributed by atoms with Crippen molar-refractivity contribution in [3.8, 4) is 0 Å². The van der Waals surface area contributed by atoms with E-state index in [1.54, 1.807) is 0 Å². The van der Waals surface area contributed by atoms with Gasteiger partial charge in [0, 0.05) is 32.2 Å². The second-order valence-corrected chi connectivity index (χ2v) is 3.30. The van der Waals surface area contributed by atoms with Gasteiger partial charge < -0.3 is 16.4 Å². The van der Waals surface area contributed by atoms with Crippen molar-refractivity contribution in [1.29, 1.82) is 0 Å². The van der Waals surface area contributed by atoms with Crippen LogP contribution in [0.2, 0.25) is 0 Å². The third-order valence-electron chi connectivity index (χ3n) is 1.96. The molecule has 0 aliphatic heterocycles. The van der Waals surface area contributed by atoms with Crippen LogP contribution < -0.4 is 16.4 Å².